The molecule has 0 amide bonds. The van der Waals surface area contributed by atoms with Crippen molar-refractivity contribution in [1.82, 2.24) is 9.80 Å². The van der Waals surface area contributed by atoms with Gasteiger partial charge in [0.05, 0.1) is 13.0 Å². The van der Waals surface area contributed by atoms with Crippen LogP contribution in [0.25, 0.3) is 0 Å². The Kier molecular flexibility index (Phi) is 5.64. The summed E-state index contributed by atoms with van der Waals surface area (Å²) in [5.41, 5.74) is 0. The first-order valence-corrected chi connectivity index (χ1v) is 7.79. The van der Waals surface area contributed by atoms with E-state index in [1.165, 1.54) is 25.7 Å². The van der Waals surface area contributed by atoms with Crippen molar-refractivity contribution in [2.24, 2.45) is 5.92 Å². The summed E-state index contributed by atoms with van der Waals surface area (Å²) in [4.78, 5) is 16.8. The quantitative estimate of drug-likeness (QED) is 0.711. The molecule has 0 aromatic rings. The number of hydrogen-bond acceptors (Lipinski definition) is 4. The minimum absolute atomic E-state index is 0.0154. The van der Waals surface area contributed by atoms with Crippen LogP contribution in [0, 0.1) is 5.92 Å². The predicted octanol–water partition coefficient (Wildman–Crippen LogP) is 1.75. The molecule has 1 aliphatic heterocycles. The fourth-order valence-electron chi connectivity index (χ4n) is 3.48. The Bertz CT molecular complexity index is 282. The molecule has 0 spiro atoms. The van der Waals surface area contributed by atoms with Crippen LogP contribution in [0.4, 0.5) is 0 Å². The number of piperazine rings is 1. The van der Waals surface area contributed by atoms with E-state index in [0.717, 1.165) is 26.2 Å². The lowest BCUT2D eigenvalue weighted by atomic mass is 9.93. The number of carbonyl (C=O) groups is 1. The summed E-state index contributed by atoms with van der Waals surface area (Å²) in [6.07, 6.45) is 5.82. The average molecular weight is 268 g/mol. The minimum atomic E-state index is -0.0154. The van der Waals surface area contributed by atoms with Crippen molar-refractivity contribution in [3.05, 3.63) is 0 Å². The van der Waals surface area contributed by atoms with Crippen LogP contribution in [0.3, 0.4) is 0 Å². The maximum Gasteiger partial charge on any atom is 0.307 e. The van der Waals surface area contributed by atoms with Gasteiger partial charge >= 0.3 is 5.97 Å². The zero-order valence-corrected chi connectivity index (χ0v) is 12.4. The van der Waals surface area contributed by atoms with Gasteiger partial charge in [-0.1, -0.05) is 12.8 Å². The zero-order chi connectivity index (χ0) is 13.7. The van der Waals surface area contributed by atoms with Crippen molar-refractivity contribution < 1.29 is 9.53 Å². The number of likely N-dealkylation sites (N-methyl/N-ethyl adjacent to an activating group) is 1. The third-order valence-electron chi connectivity index (χ3n) is 4.63. The van der Waals surface area contributed by atoms with Crippen LogP contribution in [0.5, 0.6) is 0 Å². The fourth-order valence-corrected chi connectivity index (χ4v) is 3.48. The molecule has 0 N–H and O–H groups in total. The molecule has 1 heterocycles. The van der Waals surface area contributed by atoms with Crippen LogP contribution < -0.4 is 0 Å². The molecule has 1 aliphatic carbocycles. The number of esters is 1. The van der Waals surface area contributed by atoms with Crippen LogP contribution in [0.15, 0.2) is 0 Å². The summed E-state index contributed by atoms with van der Waals surface area (Å²) in [5.74, 6) is 0.686. The number of nitrogens with zero attached hydrogens (tertiary/aromatic N) is 2. The van der Waals surface area contributed by atoms with Gasteiger partial charge in [-0.3, -0.25) is 9.69 Å². The van der Waals surface area contributed by atoms with E-state index in [2.05, 4.69) is 16.8 Å². The molecular formula is C15H28N2O2. The summed E-state index contributed by atoms with van der Waals surface area (Å²) >= 11 is 0. The summed E-state index contributed by atoms with van der Waals surface area (Å²) in [7, 11) is 2.17. The molecule has 0 aromatic heterocycles. The molecule has 0 radical (unpaired) electrons. The van der Waals surface area contributed by atoms with Crippen LogP contribution in [-0.2, 0) is 9.53 Å². The highest BCUT2D eigenvalue weighted by molar-refractivity contribution is 5.70. The molecule has 1 unspecified atom stereocenters. The highest BCUT2D eigenvalue weighted by atomic mass is 16.5. The minimum Gasteiger partial charge on any atom is -0.466 e. The van der Waals surface area contributed by atoms with Crippen molar-refractivity contribution in [3.8, 4) is 0 Å². The van der Waals surface area contributed by atoms with E-state index in [9.17, 15) is 4.79 Å². The number of hydrogen-bond donors (Lipinski definition) is 0. The van der Waals surface area contributed by atoms with Crippen molar-refractivity contribution in [1.29, 1.82) is 0 Å². The lowest BCUT2D eigenvalue weighted by Gasteiger charge is -2.40. The molecule has 4 nitrogen and oxygen atoms in total. The Morgan fingerprint density at radius 3 is 2.42 bits per heavy atom. The first-order valence-electron chi connectivity index (χ1n) is 7.79. The van der Waals surface area contributed by atoms with E-state index in [0.29, 0.717) is 25.0 Å². The largest absolute Gasteiger partial charge is 0.466 e. The van der Waals surface area contributed by atoms with Gasteiger partial charge in [-0.25, -0.2) is 0 Å². The molecule has 1 saturated carbocycles. The first-order chi connectivity index (χ1) is 9.20. The second-order valence-electron chi connectivity index (χ2n) is 5.96. The van der Waals surface area contributed by atoms with Gasteiger partial charge < -0.3 is 9.64 Å². The molecule has 1 saturated heterocycles. The molecule has 0 bridgehead atoms. The summed E-state index contributed by atoms with van der Waals surface area (Å²) in [6.45, 7) is 6.81. The highest BCUT2D eigenvalue weighted by Crippen LogP contribution is 2.32. The number of rotatable bonds is 5. The van der Waals surface area contributed by atoms with Crippen molar-refractivity contribution >= 4 is 5.97 Å². The van der Waals surface area contributed by atoms with Gasteiger partial charge in [-0.2, -0.15) is 0 Å². The van der Waals surface area contributed by atoms with E-state index in [1.54, 1.807) is 0 Å². The second-order valence-corrected chi connectivity index (χ2v) is 5.96. The number of ether oxygens (including phenoxy) is 1. The van der Waals surface area contributed by atoms with E-state index >= 15 is 0 Å². The molecule has 2 fully saturated rings. The van der Waals surface area contributed by atoms with E-state index in [1.807, 2.05) is 6.92 Å². The Hall–Kier alpha value is -0.610. The Morgan fingerprint density at radius 2 is 1.84 bits per heavy atom. The normalized spacial score (nSPS) is 24.5. The Morgan fingerprint density at radius 1 is 1.21 bits per heavy atom. The molecule has 2 aliphatic rings. The molecule has 19 heavy (non-hydrogen) atoms. The topological polar surface area (TPSA) is 32.8 Å². The average Bonchev–Trinajstić information content (AvgIpc) is 2.91. The van der Waals surface area contributed by atoms with Gasteiger partial charge in [0, 0.05) is 32.2 Å². The molecule has 4 heteroatoms. The van der Waals surface area contributed by atoms with Gasteiger partial charge in [-0.05, 0) is 32.7 Å². The Balaban J connectivity index is 1.94. The lowest BCUT2D eigenvalue weighted by Crippen LogP contribution is -2.51. The standard InChI is InChI=1S/C15H28N2O2/c1-3-19-15(18)12-14(13-6-4-5-7-13)17-10-8-16(2)9-11-17/h13-14H,3-12H2,1-2H3. The summed E-state index contributed by atoms with van der Waals surface area (Å²) in [6, 6.07) is 0.412. The van der Waals surface area contributed by atoms with Crippen molar-refractivity contribution in [2.45, 2.75) is 45.1 Å². The molecular weight excluding hydrogens is 240 g/mol. The third kappa shape index (κ3) is 4.18. The van der Waals surface area contributed by atoms with E-state index in [-0.39, 0.29) is 5.97 Å². The van der Waals surface area contributed by atoms with Crippen LogP contribution in [0.2, 0.25) is 0 Å². The van der Waals surface area contributed by atoms with Gasteiger partial charge in [0.1, 0.15) is 0 Å². The first kappa shape index (κ1) is 14.8. The van der Waals surface area contributed by atoms with Crippen LogP contribution in [0.1, 0.15) is 39.0 Å². The summed E-state index contributed by atoms with van der Waals surface area (Å²) < 4.78 is 5.17. The van der Waals surface area contributed by atoms with Gasteiger partial charge in [0.15, 0.2) is 0 Å². The van der Waals surface area contributed by atoms with Crippen molar-refractivity contribution in [3.63, 3.8) is 0 Å². The molecule has 0 aromatic carbocycles. The smallest absolute Gasteiger partial charge is 0.307 e. The lowest BCUT2D eigenvalue weighted by molar-refractivity contribution is -0.145. The third-order valence-corrected chi connectivity index (χ3v) is 4.63. The number of carbonyl (C=O) groups excluding carboxylic acids is 1. The SMILES string of the molecule is CCOC(=O)CC(C1CCCC1)N1CCN(C)CC1. The fraction of sp³-hybridized carbons (Fsp3) is 0.933. The van der Waals surface area contributed by atoms with Gasteiger partial charge in [0.25, 0.3) is 0 Å². The maximum absolute atomic E-state index is 11.9. The van der Waals surface area contributed by atoms with E-state index in [4.69, 9.17) is 4.74 Å². The van der Waals surface area contributed by atoms with E-state index < -0.39 is 0 Å². The van der Waals surface area contributed by atoms with Crippen LogP contribution >= 0.6 is 0 Å². The van der Waals surface area contributed by atoms with Crippen molar-refractivity contribution in [2.75, 3.05) is 39.8 Å². The zero-order valence-electron chi connectivity index (χ0n) is 12.4. The molecule has 2 rings (SSSR count). The summed E-state index contributed by atoms with van der Waals surface area (Å²) in [5, 5.41) is 0. The van der Waals surface area contributed by atoms with Crippen LogP contribution in [-0.4, -0.2) is 61.6 Å². The second kappa shape index (κ2) is 7.25. The highest BCUT2D eigenvalue weighted by Gasteiger charge is 2.33. The predicted molar refractivity (Wildman–Crippen MR) is 76.1 cm³/mol. The maximum atomic E-state index is 11.9. The van der Waals surface area contributed by atoms with Gasteiger partial charge in [-0.15, -0.1) is 0 Å². The molecule has 110 valence electrons. The monoisotopic (exact) mass is 268 g/mol. The van der Waals surface area contributed by atoms with Gasteiger partial charge in [0.2, 0.25) is 0 Å². The Labute approximate surface area is 117 Å². The molecule has 1 atom stereocenters.